The minimum atomic E-state index is 0.0138. The van der Waals surface area contributed by atoms with Crippen LogP contribution in [0.3, 0.4) is 0 Å². The summed E-state index contributed by atoms with van der Waals surface area (Å²) in [5.74, 6) is 2.02. The van der Waals surface area contributed by atoms with Gasteiger partial charge in [0.05, 0.1) is 23.6 Å². The van der Waals surface area contributed by atoms with E-state index in [4.69, 9.17) is 13.9 Å². The molecular formula is C19H21N3O4S. The van der Waals surface area contributed by atoms with E-state index in [0.717, 1.165) is 39.9 Å². The maximum atomic E-state index is 13.3. The van der Waals surface area contributed by atoms with Crippen LogP contribution in [0.15, 0.2) is 16.7 Å². The number of furan rings is 1. The number of hydrogen-bond acceptors (Lipinski definition) is 7. The summed E-state index contributed by atoms with van der Waals surface area (Å²) in [5, 5.41) is 0.796. The molecule has 0 radical (unpaired) electrons. The lowest BCUT2D eigenvalue weighted by Gasteiger charge is -2.20. The second-order valence-corrected chi connectivity index (χ2v) is 7.52. The number of thiophene rings is 1. The van der Waals surface area contributed by atoms with Gasteiger partial charge in [0.2, 0.25) is 5.88 Å². The van der Waals surface area contributed by atoms with Crippen LogP contribution in [0, 0.1) is 6.92 Å². The van der Waals surface area contributed by atoms with Crippen molar-refractivity contribution in [2.75, 3.05) is 20.8 Å². The molecule has 0 spiro atoms. The van der Waals surface area contributed by atoms with Crippen molar-refractivity contribution in [3.63, 3.8) is 0 Å². The average Bonchev–Trinajstić information content (AvgIpc) is 3.18. The number of carbonyl (C=O) groups excluding carboxylic acids is 1. The van der Waals surface area contributed by atoms with Crippen molar-refractivity contribution >= 4 is 27.5 Å². The molecule has 4 rings (SSSR count). The summed E-state index contributed by atoms with van der Waals surface area (Å²) in [7, 11) is 3.17. The fourth-order valence-corrected chi connectivity index (χ4v) is 4.61. The molecule has 0 fully saturated rings. The normalized spacial score (nSPS) is 14.3. The van der Waals surface area contributed by atoms with Crippen LogP contribution in [0.4, 0.5) is 0 Å². The molecule has 1 amide bonds. The Balaban J connectivity index is 1.73. The van der Waals surface area contributed by atoms with Crippen LogP contribution < -0.4 is 4.74 Å². The van der Waals surface area contributed by atoms with Crippen molar-refractivity contribution in [2.45, 2.75) is 32.9 Å². The third-order valence-corrected chi connectivity index (χ3v) is 5.96. The lowest BCUT2D eigenvalue weighted by atomic mass is 10.2. The van der Waals surface area contributed by atoms with Crippen molar-refractivity contribution in [1.82, 2.24) is 14.9 Å². The summed E-state index contributed by atoms with van der Waals surface area (Å²) < 4.78 is 16.1. The highest BCUT2D eigenvalue weighted by molar-refractivity contribution is 7.20. The Kier molecular flexibility index (Phi) is 4.84. The van der Waals surface area contributed by atoms with Crippen molar-refractivity contribution in [2.24, 2.45) is 0 Å². The van der Waals surface area contributed by atoms with E-state index in [2.05, 4.69) is 9.97 Å². The van der Waals surface area contributed by atoms with Gasteiger partial charge >= 0.3 is 0 Å². The number of fused-ring (bicyclic) bond motifs is 2. The average molecular weight is 387 g/mol. The molecule has 8 heteroatoms. The fraction of sp³-hybridized carbons (Fsp3) is 0.421. The predicted molar refractivity (Wildman–Crippen MR) is 101 cm³/mol. The van der Waals surface area contributed by atoms with Crippen LogP contribution in [-0.2, 0) is 24.3 Å². The first-order valence-electron chi connectivity index (χ1n) is 8.79. The van der Waals surface area contributed by atoms with E-state index in [9.17, 15) is 4.79 Å². The highest BCUT2D eigenvalue weighted by atomic mass is 32.1. The molecule has 0 saturated carbocycles. The molecule has 0 bridgehead atoms. The molecule has 27 heavy (non-hydrogen) atoms. The Morgan fingerprint density at radius 3 is 3.00 bits per heavy atom. The molecule has 1 aliphatic rings. The number of ether oxygens (including phenoxy) is 2. The first-order valence-corrected chi connectivity index (χ1v) is 9.61. The number of rotatable bonds is 4. The van der Waals surface area contributed by atoms with Gasteiger partial charge in [-0.25, -0.2) is 4.98 Å². The SMILES string of the molecule is COCc1nc(OC)c2c(C)c(C(=O)N3CCCc4occc4C3)sc2n1. The minimum absolute atomic E-state index is 0.0138. The van der Waals surface area contributed by atoms with Crippen LogP contribution in [0.1, 0.15) is 38.8 Å². The molecule has 0 atom stereocenters. The molecule has 0 unspecified atom stereocenters. The van der Waals surface area contributed by atoms with Gasteiger partial charge in [-0.15, -0.1) is 11.3 Å². The molecular weight excluding hydrogens is 366 g/mol. The molecule has 3 aromatic heterocycles. The number of methoxy groups -OCH3 is 2. The summed E-state index contributed by atoms with van der Waals surface area (Å²) in [4.78, 5) is 25.5. The zero-order valence-electron chi connectivity index (χ0n) is 15.6. The zero-order valence-corrected chi connectivity index (χ0v) is 16.4. The van der Waals surface area contributed by atoms with E-state index >= 15 is 0 Å². The number of hydrogen-bond donors (Lipinski definition) is 0. The number of aryl methyl sites for hydroxylation is 2. The van der Waals surface area contributed by atoms with Gasteiger partial charge in [0.25, 0.3) is 5.91 Å². The smallest absolute Gasteiger partial charge is 0.264 e. The standard InChI is InChI=1S/C19H21N3O4S/c1-11-15-17(25-3)20-14(10-24-2)21-18(15)27-16(11)19(23)22-7-4-5-13-12(9-22)6-8-26-13/h6,8H,4-5,7,9-10H2,1-3H3. The lowest BCUT2D eigenvalue weighted by Crippen LogP contribution is -2.30. The van der Waals surface area contributed by atoms with Crippen molar-refractivity contribution in [3.8, 4) is 5.88 Å². The first-order chi connectivity index (χ1) is 13.1. The van der Waals surface area contributed by atoms with Gasteiger partial charge in [-0.3, -0.25) is 4.79 Å². The van der Waals surface area contributed by atoms with Gasteiger partial charge in [0.15, 0.2) is 5.82 Å². The Labute approximate surface area is 160 Å². The van der Waals surface area contributed by atoms with E-state index in [1.54, 1.807) is 20.5 Å². The first kappa shape index (κ1) is 17.9. The van der Waals surface area contributed by atoms with Gasteiger partial charge in [0.1, 0.15) is 17.2 Å². The van der Waals surface area contributed by atoms with E-state index < -0.39 is 0 Å². The predicted octanol–water partition coefficient (Wildman–Crippen LogP) is 3.34. The number of carbonyl (C=O) groups is 1. The molecule has 4 heterocycles. The molecule has 0 aromatic carbocycles. The Bertz CT molecular complexity index is 994. The zero-order chi connectivity index (χ0) is 19.0. The van der Waals surface area contributed by atoms with Crippen molar-refractivity contribution < 1.29 is 18.7 Å². The van der Waals surface area contributed by atoms with Gasteiger partial charge in [-0.05, 0) is 25.0 Å². The molecule has 142 valence electrons. The largest absolute Gasteiger partial charge is 0.480 e. The van der Waals surface area contributed by atoms with Crippen LogP contribution in [0.2, 0.25) is 0 Å². The van der Waals surface area contributed by atoms with Crippen LogP contribution in [-0.4, -0.2) is 41.5 Å². The monoisotopic (exact) mass is 387 g/mol. The molecule has 7 nitrogen and oxygen atoms in total. The number of amides is 1. The topological polar surface area (TPSA) is 77.7 Å². The third-order valence-electron chi connectivity index (χ3n) is 4.78. The van der Waals surface area contributed by atoms with E-state index in [1.807, 2.05) is 17.9 Å². The fourth-order valence-electron chi connectivity index (χ4n) is 3.45. The van der Waals surface area contributed by atoms with Gasteiger partial charge in [-0.1, -0.05) is 0 Å². The third kappa shape index (κ3) is 3.19. The molecule has 0 N–H and O–H groups in total. The maximum Gasteiger partial charge on any atom is 0.264 e. The minimum Gasteiger partial charge on any atom is -0.480 e. The maximum absolute atomic E-state index is 13.3. The van der Waals surface area contributed by atoms with E-state index in [-0.39, 0.29) is 5.91 Å². The lowest BCUT2D eigenvalue weighted by molar-refractivity contribution is 0.0750. The van der Waals surface area contributed by atoms with Gasteiger partial charge < -0.3 is 18.8 Å². The molecule has 0 saturated heterocycles. The van der Waals surface area contributed by atoms with Crippen LogP contribution in [0.5, 0.6) is 5.88 Å². The Morgan fingerprint density at radius 1 is 1.37 bits per heavy atom. The summed E-state index contributed by atoms with van der Waals surface area (Å²) in [6.45, 7) is 3.49. The quantitative estimate of drug-likeness (QED) is 0.683. The molecule has 0 aliphatic carbocycles. The summed E-state index contributed by atoms with van der Waals surface area (Å²) in [6, 6.07) is 1.95. The summed E-state index contributed by atoms with van der Waals surface area (Å²) >= 11 is 1.38. The van der Waals surface area contributed by atoms with Gasteiger partial charge in [-0.2, -0.15) is 4.98 Å². The number of nitrogens with zero attached hydrogens (tertiary/aromatic N) is 3. The molecule has 3 aromatic rings. The van der Waals surface area contributed by atoms with Crippen LogP contribution >= 0.6 is 11.3 Å². The summed E-state index contributed by atoms with van der Waals surface area (Å²) in [6.07, 6.45) is 3.44. The highest BCUT2D eigenvalue weighted by Gasteiger charge is 2.27. The number of aromatic nitrogens is 2. The second kappa shape index (κ2) is 7.28. The van der Waals surface area contributed by atoms with E-state index in [0.29, 0.717) is 36.3 Å². The second-order valence-electron chi connectivity index (χ2n) is 6.52. The molecule has 1 aliphatic heterocycles. The Morgan fingerprint density at radius 2 is 2.22 bits per heavy atom. The van der Waals surface area contributed by atoms with Crippen LogP contribution in [0.25, 0.3) is 10.2 Å². The van der Waals surface area contributed by atoms with Crippen molar-refractivity contribution in [1.29, 1.82) is 0 Å². The van der Waals surface area contributed by atoms with E-state index in [1.165, 1.54) is 11.3 Å². The van der Waals surface area contributed by atoms with Gasteiger partial charge in [0, 0.05) is 32.2 Å². The summed E-state index contributed by atoms with van der Waals surface area (Å²) in [5.41, 5.74) is 1.94. The Hall–Kier alpha value is -2.45. The highest BCUT2D eigenvalue weighted by Crippen LogP contribution is 2.36. The van der Waals surface area contributed by atoms with Crippen molar-refractivity contribution in [3.05, 3.63) is 39.9 Å².